The molecule has 0 radical (unpaired) electrons. The second kappa shape index (κ2) is 9.30. The van der Waals surface area contributed by atoms with Gasteiger partial charge in [-0.2, -0.15) is 0 Å². The van der Waals surface area contributed by atoms with E-state index < -0.39 is 7.60 Å². The van der Waals surface area contributed by atoms with E-state index in [9.17, 15) is 18.7 Å². The lowest BCUT2D eigenvalue weighted by molar-refractivity contribution is 0.387. The molecule has 4 nitrogen and oxygen atoms in total. The van der Waals surface area contributed by atoms with Gasteiger partial charge in [0, 0.05) is 16.8 Å². The van der Waals surface area contributed by atoms with Crippen molar-refractivity contribution >= 4 is 23.7 Å². The van der Waals surface area contributed by atoms with Crippen molar-refractivity contribution in [3.63, 3.8) is 0 Å². The van der Waals surface area contributed by atoms with Gasteiger partial charge in [0.05, 0.1) is 5.30 Å². The SMILES string of the molecule is CCCCCCc1ccc(Oc2c(C)cc(P(=O)(O)O)c3cccc(C)c23)cc1F. The van der Waals surface area contributed by atoms with Crippen LogP contribution in [0.3, 0.4) is 0 Å². The molecule has 0 aliphatic carbocycles. The van der Waals surface area contributed by atoms with Gasteiger partial charge in [-0.25, -0.2) is 4.39 Å². The van der Waals surface area contributed by atoms with Crippen LogP contribution < -0.4 is 10.0 Å². The Bertz CT molecular complexity index is 1100. The third kappa shape index (κ3) is 4.92. The van der Waals surface area contributed by atoms with Gasteiger partial charge in [0.1, 0.15) is 17.3 Å². The van der Waals surface area contributed by atoms with Crippen molar-refractivity contribution < 1.29 is 23.5 Å². The molecular formula is C24H28FO4P. The molecule has 3 aromatic rings. The summed E-state index contributed by atoms with van der Waals surface area (Å²) >= 11 is 0. The van der Waals surface area contributed by atoms with Crippen LogP contribution in [0.5, 0.6) is 11.5 Å². The number of benzene rings is 3. The summed E-state index contributed by atoms with van der Waals surface area (Å²) in [5.74, 6) is 0.548. The van der Waals surface area contributed by atoms with Crippen LogP contribution in [0.2, 0.25) is 0 Å². The molecule has 2 N–H and O–H groups in total. The molecule has 0 saturated heterocycles. The second-order valence-electron chi connectivity index (χ2n) is 7.75. The fourth-order valence-electron chi connectivity index (χ4n) is 3.76. The van der Waals surface area contributed by atoms with Crippen molar-refractivity contribution in [3.8, 4) is 11.5 Å². The van der Waals surface area contributed by atoms with Crippen LogP contribution in [0.1, 0.15) is 49.3 Å². The highest BCUT2D eigenvalue weighted by atomic mass is 31.2. The van der Waals surface area contributed by atoms with Crippen molar-refractivity contribution in [2.45, 2.75) is 52.9 Å². The Kier molecular flexibility index (Phi) is 6.97. The van der Waals surface area contributed by atoms with E-state index in [4.69, 9.17) is 4.74 Å². The molecular weight excluding hydrogens is 402 g/mol. The highest BCUT2D eigenvalue weighted by Gasteiger charge is 2.24. The lowest BCUT2D eigenvalue weighted by Crippen LogP contribution is -2.08. The number of halogens is 1. The molecule has 0 aliphatic heterocycles. The predicted octanol–water partition coefficient (Wildman–Crippen LogP) is 6.31. The van der Waals surface area contributed by atoms with Crippen LogP contribution in [-0.4, -0.2) is 9.79 Å². The minimum absolute atomic E-state index is 0.0281. The summed E-state index contributed by atoms with van der Waals surface area (Å²) in [7, 11) is -4.46. The summed E-state index contributed by atoms with van der Waals surface area (Å²) in [5, 5.41) is 1.04. The van der Waals surface area contributed by atoms with Gasteiger partial charge in [-0.3, -0.25) is 4.57 Å². The first-order chi connectivity index (χ1) is 14.2. The van der Waals surface area contributed by atoms with E-state index in [1.54, 1.807) is 31.2 Å². The number of unbranched alkanes of at least 4 members (excludes halogenated alkanes) is 3. The minimum atomic E-state index is -4.46. The number of rotatable bonds is 8. The molecule has 30 heavy (non-hydrogen) atoms. The first-order valence-electron chi connectivity index (χ1n) is 10.3. The van der Waals surface area contributed by atoms with Crippen molar-refractivity contribution in [1.82, 2.24) is 0 Å². The van der Waals surface area contributed by atoms with E-state index in [1.807, 2.05) is 13.0 Å². The van der Waals surface area contributed by atoms with E-state index in [2.05, 4.69) is 6.92 Å². The maximum Gasteiger partial charge on any atom is 0.356 e. The van der Waals surface area contributed by atoms with Gasteiger partial charge in [-0.15, -0.1) is 0 Å². The normalized spacial score (nSPS) is 11.8. The zero-order chi connectivity index (χ0) is 21.9. The largest absolute Gasteiger partial charge is 0.456 e. The first kappa shape index (κ1) is 22.5. The Hall–Kier alpha value is -2.20. The number of hydrogen-bond acceptors (Lipinski definition) is 2. The van der Waals surface area contributed by atoms with Crippen LogP contribution >= 0.6 is 7.60 Å². The lowest BCUT2D eigenvalue weighted by Gasteiger charge is -2.18. The Morgan fingerprint density at radius 1 is 1.00 bits per heavy atom. The fourth-order valence-corrected chi connectivity index (χ4v) is 4.62. The molecule has 160 valence electrons. The molecule has 0 unspecified atom stereocenters. The zero-order valence-electron chi connectivity index (χ0n) is 17.6. The molecule has 0 atom stereocenters. The van der Waals surface area contributed by atoms with Gasteiger partial charge in [-0.05, 0) is 55.5 Å². The quantitative estimate of drug-likeness (QED) is 0.324. The topological polar surface area (TPSA) is 66.8 Å². The van der Waals surface area contributed by atoms with Gasteiger partial charge >= 0.3 is 7.60 Å². The van der Waals surface area contributed by atoms with Crippen LogP contribution in [0.4, 0.5) is 4.39 Å². The zero-order valence-corrected chi connectivity index (χ0v) is 18.5. The smallest absolute Gasteiger partial charge is 0.356 e. The summed E-state index contributed by atoms with van der Waals surface area (Å²) in [6.07, 6.45) is 5.04. The van der Waals surface area contributed by atoms with E-state index in [0.29, 0.717) is 39.8 Å². The Balaban J connectivity index is 1.98. The van der Waals surface area contributed by atoms with Gasteiger partial charge in [0.2, 0.25) is 0 Å². The molecule has 0 spiro atoms. The monoisotopic (exact) mass is 430 g/mol. The van der Waals surface area contributed by atoms with Crippen molar-refractivity contribution in [3.05, 3.63) is 65.0 Å². The van der Waals surface area contributed by atoms with E-state index in [1.165, 1.54) is 12.1 Å². The van der Waals surface area contributed by atoms with E-state index >= 15 is 0 Å². The van der Waals surface area contributed by atoms with Crippen LogP contribution in [0.15, 0.2) is 42.5 Å². The average molecular weight is 430 g/mol. The summed E-state index contributed by atoms with van der Waals surface area (Å²) in [5.41, 5.74) is 2.08. The summed E-state index contributed by atoms with van der Waals surface area (Å²) in [4.78, 5) is 19.6. The predicted molar refractivity (Wildman–Crippen MR) is 119 cm³/mol. The van der Waals surface area contributed by atoms with Gasteiger partial charge in [-0.1, -0.05) is 50.5 Å². The van der Waals surface area contributed by atoms with Gasteiger partial charge < -0.3 is 14.5 Å². The van der Waals surface area contributed by atoms with Crippen LogP contribution in [-0.2, 0) is 11.0 Å². The highest BCUT2D eigenvalue weighted by Crippen LogP contribution is 2.42. The third-order valence-corrected chi connectivity index (χ3v) is 6.34. The van der Waals surface area contributed by atoms with E-state index in [-0.39, 0.29) is 11.1 Å². The van der Waals surface area contributed by atoms with Crippen LogP contribution in [0.25, 0.3) is 10.8 Å². The molecule has 0 amide bonds. The molecule has 0 saturated carbocycles. The summed E-state index contributed by atoms with van der Waals surface area (Å²) < 4.78 is 32.6. The summed E-state index contributed by atoms with van der Waals surface area (Å²) in [6.45, 7) is 5.74. The Labute approximate surface area is 176 Å². The molecule has 0 bridgehead atoms. The molecule has 0 fully saturated rings. The molecule has 0 aromatic heterocycles. The number of hydrogen-bond donors (Lipinski definition) is 2. The Morgan fingerprint density at radius 3 is 2.43 bits per heavy atom. The molecule has 3 aromatic carbocycles. The average Bonchev–Trinajstić information content (AvgIpc) is 2.68. The van der Waals surface area contributed by atoms with Crippen molar-refractivity contribution in [1.29, 1.82) is 0 Å². The van der Waals surface area contributed by atoms with Crippen LogP contribution in [0, 0.1) is 19.7 Å². The highest BCUT2D eigenvalue weighted by molar-refractivity contribution is 7.60. The molecule has 0 heterocycles. The molecule has 6 heteroatoms. The standard InChI is InChI=1S/C24H28FO4P/c1-4-5-6-7-10-18-12-13-19(15-21(18)25)29-24-17(3)14-22(30(26,27)28)20-11-8-9-16(2)23(20)24/h8-9,11-15H,4-7,10H2,1-3H3,(H2,26,27,28). The first-order valence-corrected chi connectivity index (χ1v) is 11.9. The Morgan fingerprint density at radius 2 is 1.77 bits per heavy atom. The minimum Gasteiger partial charge on any atom is -0.456 e. The third-order valence-electron chi connectivity index (χ3n) is 5.35. The number of aryl methyl sites for hydroxylation is 3. The molecule has 0 aliphatic rings. The van der Waals surface area contributed by atoms with E-state index in [0.717, 1.165) is 31.2 Å². The fraction of sp³-hybridized carbons (Fsp3) is 0.333. The maximum atomic E-state index is 14.6. The van der Waals surface area contributed by atoms with Gasteiger partial charge in [0.15, 0.2) is 0 Å². The van der Waals surface area contributed by atoms with Crippen molar-refractivity contribution in [2.24, 2.45) is 0 Å². The maximum absolute atomic E-state index is 14.6. The number of fused-ring (bicyclic) bond motifs is 1. The second-order valence-corrected chi connectivity index (χ2v) is 9.32. The van der Waals surface area contributed by atoms with Gasteiger partial charge in [0.25, 0.3) is 0 Å². The lowest BCUT2D eigenvalue weighted by atomic mass is 10.0. The van der Waals surface area contributed by atoms with Crippen molar-refractivity contribution in [2.75, 3.05) is 0 Å². The summed E-state index contributed by atoms with van der Waals surface area (Å²) in [6, 6.07) is 11.6. The molecule has 3 rings (SSSR count). The number of ether oxygens (including phenoxy) is 1.